The third kappa shape index (κ3) is 1.83. The monoisotopic (exact) mass is 295 g/mol. The van der Waals surface area contributed by atoms with E-state index in [-0.39, 0.29) is 12.7 Å². The van der Waals surface area contributed by atoms with Gasteiger partial charge in [-0.25, -0.2) is 0 Å². The van der Waals surface area contributed by atoms with Crippen LogP contribution in [0.1, 0.15) is 11.1 Å². The topological polar surface area (TPSA) is 56.8 Å². The van der Waals surface area contributed by atoms with Gasteiger partial charge in [-0.05, 0) is 6.07 Å². The fourth-order valence-corrected chi connectivity index (χ4v) is 2.74. The van der Waals surface area contributed by atoms with Gasteiger partial charge in [0.15, 0.2) is 11.5 Å². The van der Waals surface area contributed by atoms with E-state index in [0.717, 1.165) is 11.1 Å². The number of hydrogen-bond acceptors (Lipinski definition) is 4. The number of ether oxygens (including phenoxy) is 3. The number of fused-ring (bicyclic) bond motifs is 2. The lowest BCUT2D eigenvalue weighted by Gasteiger charge is -2.10. The van der Waals surface area contributed by atoms with Crippen molar-refractivity contribution in [2.45, 2.75) is 0 Å². The van der Waals surface area contributed by atoms with E-state index in [1.807, 2.05) is 36.4 Å². The molecule has 2 heterocycles. The molecule has 2 aliphatic heterocycles. The maximum Gasteiger partial charge on any atom is 0.260 e. The van der Waals surface area contributed by atoms with Crippen molar-refractivity contribution in [2.24, 2.45) is 0 Å². The number of carbonyl (C=O) groups is 1. The zero-order valence-corrected chi connectivity index (χ0v) is 11.9. The fourth-order valence-electron chi connectivity index (χ4n) is 2.74. The Bertz CT molecular complexity index is 796. The molecule has 0 spiro atoms. The van der Waals surface area contributed by atoms with Gasteiger partial charge < -0.3 is 19.5 Å². The molecular formula is C17H13NO4. The highest BCUT2D eigenvalue weighted by Crippen LogP contribution is 2.44. The normalized spacial score (nSPS) is 17.0. The second-order valence-electron chi connectivity index (χ2n) is 4.98. The molecule has 1 amide bonds. The summed E-state index contributed by atoms with van der Waals surface area (Å²) in [6, 6.07) is 13.1. The van der Waals surface area contributed by atoms with Crippen LogP contribution in [0.5, 0.6) is 11.5 Å². The first kappa shape index (κ1) is 12.8. The summed E-state index contributed by atoms with van der Waals surface area (Å²) in [5.74, 6) is 1.62. The summed E-state index contributed by atoms with van der Waals surface area (Å²) in [6.07, 6.45) is 0. The van der Waals surface area contributed by atoms with Gasteiger partial charge in [0, 0.05) is 17.2 Å². The molecule has 0 aromatic heterocycles. The Morgan fingerprint density at radius 1 is 1.14 bits per heavy atom. The first-order valence-corrected chi connectivity index (χ1v) is 6.87. The summed E-state index contributed by atoms with van der Waals surface area (Å²) in [5.41, 5.74) is 2.81. The Hall–Kier alpha value is -2.95. The molecule has 5 nitrogen and oxygen atoms in total. The number of carbonyl (C=O) groups excluding carboxylic acids is 1. The number of rotatable bonds is 2. The molecule has 110 valence electrons. The van der Waals surface area contributed by atoms with E-state index in [0.29, 0.717) is 28.5 Å². The van der Waals surface area contributed by atoms with E-state index in [2.05, 4.69) is 5.32 Å². The summed E-state index contributed by atoms with van der Waals surface area (Å²) in [5, 5.41) is 2.85. The third-order valence-electron chi connectivity index (χ3n) is 3.72. The van der Waals surface area contributed by atoms with Gasteiger partial charge in [-0.3, -0.25) is 4.79 Å². The number of amides is 1. The average molecular weight is 295 g/mol. The molecule has 1 N–H and O–H groups in total. The van der Waals surface area contributed by atoms with Gasteiger partial charge in [-0.1, -0.05) is 30.3 Å². The second kappa shape index (κ2) is 4.80. The third-order valence-corrected chi connectivity index (χ3v) is 3.72. The van der Waals surface area contributed by atoms with Gasteiger partial charge in [0.1, 0.15) is 5.76 Å². The van der Waals surface area contributed by atoms with Gasteiger partial charge in [0.25, 0.3) is 5.91 Å². The quantitative estimate of drug-likeness (QED) is 0.683. The molecule has 0 fully saturated rings. The lowest BCUT2D eigenvalue weighted by atomic mass is 10.0. The smallest absolute Gasteiger partial charge is 0.260 e. The Labute approximate surface area is 127 Å². The van der Waals surface area contributed by atoms with Crippen molar-refractivity contribution >= 4 is 22.9 Å². The van der Waals surface area contributed by atoms with E-state index < -0.39 is 0 Å². The van der Waals surface area contributed by atoms with Crippen LogP contribution in [0.4, 0.5) is 5.69 Å². The highest BCUT2D eigenvalue weighted by molar-refractivity contribution is 6.36. The average Bonchev–Trinajstić information content (AvgIpc) is 3.11. The van der Waals surface area contributed by atoms with E-state index in [1.54, 1.807) is 13.2 Å². The predicted octanol–water partition coefficient (Wildman–Crippen LogP) is 2.88. The van der Waals surface area contributed by atoms with Crippen LogP contribution in [-0.2, 0) is 9.53 Å². The molecule has 0 bridgehead atoms. The van der Waals surface area contributed by atoms with Gasteiger partial charge in [-0.2, -0.15) is 0 Å². The minimum Gasteiger partial charge on any atom is -0.495 e. The number of nitrogens with one attached hydrogen (secondary N) is 1. The molecule has 0 saturated carbocycles. The maximum absolute atomic E-state index is 12.4. The van der Waals surface area contributed by atoms with Gasteiger partial charge >= 0.3 is 0 Å². The molecule has 0 saturated heterocycles. The summed E-state index contributed by atoms with van der Waals surface area (Å²) in [6.45, 7) is 0.195. The van der Waals surface area contributed by atoms with Crippen molar-refractivity contribution in [3.05, 3.63) is 53.6 Å². The summed E-state index contributed by atoms with van der Waals surface area (Å²) < 4.78 is 16.3. The summed E-state index contributed by atoms with van der Waals surface area (Å²) in [7, 11) is 1.56. The fraction of sp³-hybridized carbons (Fsp3) is 0.118. The SMILES string of the molecule is CO/C(=C1/C(=O)Nc2cc3c(cc21)OCO3)c1ccccc1. The van der Waals surface area contributed by atoms with Crippen LogP contribution in [0.2, 0.25) is 0 Å². The Balaban J connectivity index is 1.93. The predicted molar refractivity (Wildman–Crippen MR) is 81.5 cm³/mol. The first-order valence-electron chi connectivity index (χ1n) is 6.87. The summed E-state index contributed by atoms with van der Waals surface area (Å²) >= 11 is 0. The molecule has 0 atom stereocenters. The molecule has 0 unspecified atom stereocenters. The van der Waals surface area contributed by atoms with Crippen LogP contribution in [0.25, 0.3) is 11.3 Å². The van der Waals surface area contributed by atoms with Gasteiger partial charge in [0.2, 0.25) is 6.79 Å². The maximum atomic E-state index is 12.4. The van der Waals surface area contributed by atoms with Crippen LogP contribution < -0.4 is 14.8 Å². The number of methoxy groups -OCH3 is 1. The van der Waals surface area contributed by atoms with Crippen LogP contribution in [0.15, 0.2) is 42.5 Å². The van der Waals surface area contributed by atoms with Crippen molar-refractivity contribution in [3.63, 3.8) is 0 Å². The Morgan fingerprint density at radius 2 is 1.86 bits per heavy atom. The lowest BCUT2D eigenvalue weighted by Crippen LogP contribution is -2.06. The van der Waals surface area contributed by atoms with Crippen LogP contribution in [0.3, 0.4) is 0 Å². The van der Waals surface area contributed by atoms with Crippen molar-refractivity contribution in [3.8, 4) is 11.5 Å². The minimum absolute atomic E-state index is 0.195. The number of benzene rings is 2. The van der Waals surface area contributed by atoms with Crippen LogP contribution >= 0.6 is 0 Å². The largest absolute Gasteiger partial charge is 0.495 e. The van der Waals surface area contributed by atoms with E-state index in [4.69, 9.17) is 14.2 Å². The zero-order chi connectivity index (χ0) is 15.1. The Kier molecular flexibility index (Phi) is 2.79. The van der Waals surface area contributed by atoms with Crippen LogP contribution in [-0.4, -0.2) is 19.8 Å². The first-order chi connectivity index (χ1) is 10.8. The molecule has 4 rings (SSSR count). The highest BCUT2D eigenvalue weighted by Gasteiger charge is 2.32. The standard InChI is InChI=1S/C17H13NO4/c1-20-16(10-5-3-2-4-6-10)15-11-7-13-14(22-9-21-13)8-12(11)18-17(15)19/h2-8H,9H2,1H3,(H,18,19)/b16-15+. The molecule has 5 heteroatoms. The van der Waals surface area contributed by atoms with Gasteiger partial charge in [0.05, 0.1) is 18.4 Å². The van der Waals surface area contributed by atoms with E-state index in [9.17, 15) is 4.79 Å². The molecule has 22 heavy (non-hydrogen) atoms. The van der Waals surface area contributed by atoms with Crippen molar-refractivity contribution in [1.82, 2.24) is 0 Å². The minimum atomic E-state index is -0.195. The Morgan fingerprint density at radius 3 is 2.59 bits per heavy atom. The molecule has 0 radical (unpaired) electrons. The van der Waals surface area contributed by atoms with Crippen LogP contribution in [0, 0.1) is 0 Å². The molecular weight excluding hydrogens is 282 g/mol. The lowest BCUT2D eigenvalue weighted by molar-refractivity contribution is -0.110. The number of anilines is 1. The van der Waals surface area contributed by atoms with E-state index in [1.165, 1.54) is 0 Å². The highest BCUT2D eigenvalue weighted by atomic mass is 16.7. The molecule has 2 aromatic carbocycles. The van der Waals surface area contributed by atoms with Crippen molar-refractivity contribution < 1.29 is 19.0 Å². The van der Waals surface area contributed by atoms with Crippen molar-refractivity contribution in [2.75, 3.05) is 19.2 Å². The number of hydrogen-bond donors (Lipinski definition) is 1. The van der Waals surface area contributed by atoms with Gasteiger partial charge in [-0.15, -0.1) is 0 Å². The molecule has 2 aromatic rings. The molecule has 0 aliphatic carbocycles. The summed E-state index contributed by atoms with van der Waals surface area (Å²) in [4.78, 5) is 12.4. The second-order valence-corrected chi connectivity index (χ2v) is 4.98. The van der Waals surface area contributed by atoms with E-state index >= 15 is 0 Å². The zero-order valence-electron chi connectivity index (χ0n) is 11.9. The van der Waals surface area contributed by atoms with Crippen molar-refractivity contribution in [1.29, 1.82) is 0 Å². The molecule has 2 aliphatic rings.